The quantitative estimate of drug-likeness (QED) is 0.166. The first kappa shape index (κ1) is 31.5. The van der Waals surface area contributed by atoms with Gasteiger partial charge in [0.1, 0.15) is 5.82 Å². The van der Waals surface area contributed by atoms with Crippen molar-refractivity contribution in [1.29, 1.82) is 0 Å². The molecule has 3 heteroatoms. The van der Waals surface area contributed by atoms with Gasteiger partial charge in [-0.15, -0.1) is 0 Å². The van der Waals surface area contributed by atoms with Gasteiger partial charge in [-0.3, -0.25) is 4.57 Å². The highest BCUT2D eigenvalue weighted by molar-refractivity contribution is 6.24. The summed E-state index contributed by atoms with van der Waals surface area (Å²) in [6.45, 7) is 4.70. The van der Waals surface area contributed by atoms with E-state index in [1.165, 1.54) is 49.2 Å². The van der Waals surface area contributed by atoms with Crippen molar-refractivity contribution in [2.45, 2.75) is 19.3 Å². The Morgan fingerprint density at radius 1 is 0.455 bits per heavy atom. The summed E-state index contributed by atoms with van der Waals surface area (Å²) in [4.78, 5) is 7.89. The summed E-state index contributed by atoms with van der Waals surface area (Å²) in [5.41, 5.74) is 12.9. The first-order valence-electron chi connectivity index (χ1n) is 19.1. The summed E-state index contributed by atoms with van der Waals surface area (Å²) in [6.07, 6.45) is 0. The van der Waals surface area contributed by atoms with E-state index in [1.54, 1.807) is 0 Å². The SMILES string of the molecule is CC1(C)c2ccccc2-c2ccc(N(c3ccc(-c4nc5c6ccccc6c6ccccc6c5n4-c4ccccc4)cc3)c3ccc4ccccc4c3)cc21. The minimum absolute atomic E-state index is 0.105. The Balaban J connectivity index is 1.11. The van der Waals surface area contributed by atoms with E-state index in [-0.39, 0.29) is 5.41 Å². The second-order valence-corrected chi connectivity index (χ2v) is 15.2. The lowest BCUT2D eigenvalue weighted by Crippen LogP contribution is -2.16. The van der Waals surface area contributed by atoms with Gasteiger partial charge in [-0.05, 0) is 104 Å². The zero-order valence-electron chi connectivity index (χ0n) is 30.7. The van der Waals surface area contributed by atoms with Crippen LogP contribution in [0.4, 0.5) is 17.1 Å². The summed E-state index contributed by atoms with van der Waals surface area (Å²) in [5.74, 6) is 0.920. The van der Waals surface area contributed by atoms with Gasteiger partial charge >= 0.3 is 0 Å². The van der Waals surface area contributed by atoms with Gasteiger partial charge in [0.15, 0.2) is 0 Å². The van der Waals surface area contributed by atoms with Gasteiger partial charge in [-0.25, -0.2) is 4.98 Å². The number of hydrogen-bond acceptors (Lipinski definition) is 2. The molecule has 9 aromatic carbocycles. The molecule has 55 heavy (non-hydrogen) atoms. The first-order valence-corrected chi connectivity index (χ1v) is 19.1. The largest absolute Gasteiger partial charge is 0.310 e. The maximum absolute atomic E-state index is 5.49. The van der Waals surface area contributed by atoms with Crippen LogP contribution >= 0.6 is 0 Å². The predicted octanol–water partition coefficient (Wildman–Crippen LogP) is 13.9. The van der Waals surface area contributed by atoms with Crippen molar-refractivity contribution in [3.63, 3.8) is 0 Å². The van der Waals surface area contributed by atoms with E-state index in [0.29, 0.717) is 0 Å². The Morgan fingerprint density at radius 3 is 1.84 bits per heavy atom. The number of aromatic nitrogens is 2. The van der Waals surface area contributed by atoms with E-state index in [1.807, 2.05) is 0 Å². The summed E-state index contributed by atoms with van der Waals surface area (Å²) in [7, 11) is 0. The fourth-order valence-corrected chi connectivity index (χ4v) is 9.08. The molecule has 1 aliphatic rings. The zero-order valence-corrected chi connectivity index (χ0v) is 30.7. The summed E-state index contributed by atoms with van der Waals surface area (Å²) < 4.78 is 2.35. The fourth-order valence-electron chi connectivity index (χ4n) is 9.08. The van der Waals surface area contributed by atoms with Gasteiger partial charge < -0.3 is 4.90 Å². The van der Waals surface area contributed by atoms with Gasteiger partial charge in [-0.1, -0.05) is 141 Å². The lowest BCUT2D eigenvalue weighted by atomic mass is 9.82. The maximum Gasteiger partial charge on any atom is 0.145 e. The average Bonchev–Trinajstić information content (AvgIpc) is 3.75. The van der Waals surface area contributed by atoms with Crippen LogP contribution < -0.4 is 4.90 Å². The number of rotatable bonds is 5. The highest BCUT2D eigenvalue weighted by Crippen LogP contribution is 2.51. The minimum Gasteiger partial charge on any atom is -0.310 e. The number of benzene rings is 9. The molecule has 0 saturated carbocycles. The molecular weight excluding hydrogens is 667 g/mol. The first-order chi connectivity index (χ1) is 27.0. The van der Waals surface area contributed by atoms with Gasteiger partial charge in [0, 0.05) is 44.5 Å². The van der Waals surface area contributed by atoms with Crippen LogP contribution in [0.2, 0.25) is 0 Å². The van der Waals surface area contributed by atoms with Crippen molar-refractivity contribution in [1.82, 2.24) is 9.55 Å². The van der Waals surface area contributed by atoms with Gasteiger partial charge in [0.05, 0.1) is 11.0 Å². The Morgan fingerprint density at radius 2 is 1.04 bits per heavy atom. The van der Waals surface area contributed by atoms with E-state index in [0.717, 1.165) is 50.6 Å². The molecule has 0 unspecified atom stereocenters. The van der Waals surface area contributed by atoms with E-state index < -0.39 is 0 Å². The molecule has 0 bridgehead atoms. The molecule has 1 aromatic heterocycles. The standard InChI is InChI=1S/C52H37N3/c1-52(2)47-23-13-12-20-43(47)44-31-30-40(33-48(44)52)54(39-29-24-34-14-6-7-15-36(34)32-39)38-27-25-35(26-28-38)51-53-49-45-21-10-8-18-41(45)42-19-9-11-22-46(42)50(49)55(51)37-16-4-3-5-17-37/h3-33H,1-2H3. The number of nitrogens with zero attached hydrogens (tertiary/aromatic N) is 3. The fraction of sp³-hybridized carbons (Fsp3) is 0.0577. The number of fused-ring (bicyclic) bond motifs is 10. The molecule has 11 rings (SSSR count). The normalized spacial score (nSPS) is 13.1. The molecule has 1 heterocycles. The van der Waals surface area contributed by atoms with Crippen LogP contribution in [-0.2, 0) is 5.41 Å². The molecule has 3 nitrogen and oxygen atoms in total. The number of anilines is 3. The van der Waals surface area contributed by atoms with E-state index in [4.69, 9.17) is 4.98 Å². The summed E-state index contributed by atoms with van der Waals surface area (Å²) in [6, 6.07) is 68.3. The molecule has 1 aliphatic carbocycles. The van der Waals surface area contributed by atoms with Crippen LogP contribution in [0.1, 0.15) is 25.0 Å². The Kier molecular flexibility index (Phi) is 6.90. The smallest absolute Gasteiger partial charge is 0.145 e. The van der Waals surface area contributed by atoms with Gasteiger partial charge in [0.2, 0.25) is 0 Å². The second kappa shape index (κ2) is 12.0. The predicted molar refractivity (Wildman–Crippen MR) is 231 cm³/mol. The van der Waals surface area contributed by atoms with E-state index >= 15 is 0 Å². The summed E-state index contributed by atoms with van der Waals surface area (Å²) >= 11 is 0. The molecule has 260 valence electrons. The van der Waals surface area contributed by atoms with Crippen LogP contribution in [0.5, 0.6) is 0 Å². The molecule has 10 aromatic rings. The molecule has 0 amide bonds. The minimum atomic E-state index is -0.105. The van der Waals surface area contributed by atoms with Crippen LogP contribution in [0.3, 0.4) is 0 Å². The van der Waals surface area contributed by atoms with Gasteiger partial charge in [-0.2, -0.15) is 0 Å². The van der Waals surface area contributed by atoms with Crippen molar-refractivity contribution in [2.75, 3.05) is 4.90 Å². The number of imidazole rings is 1. The maximum atomic E-state index is 5.49. The Labute approximate surface area is 320 Å². The van der Waals surface area contributed by atoms with Crippen LogP contribution in [0, 0.1) is 0 Å². The number of para-hydroxylation sites is 1. The van der Waals surface area contributed by atoms with Crippen LogP contribution in [0.15, 0.2) is 188 Å². The third kappa shape index (κ3) is 4.79. The molecule has 0 radical (unpaired) electrons. The van der Waals surface area contributed by atoms with Crippen LogP contribution in [-0.4, -0.2) is 9.55 Å². The molecule has 0 saturated heterocycles. The zero-order chi connectivity index (χ0) is 36.7. The second-order valence-electron chi connectivity index (χ2n) is 15.2. The molecule has 0 aliphatic heterocycles. The Hall–Kier alpha value is -6.97. The lowest BCUT2D eigenvalue weighted by Gasteiger charge is -2.28. The number of hydrogen-bond donors (Lipinski definition) is 0. The van der Waals surface area contributed by atoms with Crippen molar-refractivity contribution >= 4 is 60.4 Å². The third-order valence-electron chi connectivity index (χ3n) is 11.7. The highest BCUT2D eigenvalue weighted by Gasteiger charge is 2.35. The van der Waals surface area contributed by atoms with E-state index in [2.05, 4.69) is 211 Å². The third-order valence-corrected chi connectivity index (χ3v) is 11.7. The van der Waals surface area contributed by atoms with E-state index in [9.17, 15) is 0 Å². The molecule has 0 N–H and O–H groups in total. The Bertz CT molecular complexity index is 3120. The molecular formula is C52H37N3. The molecule has 0 fully saturated rings. The van der Waals surface area contributed by atoms with Crippen molar-refractivity contribution in [3.05, 3.63) is 199 Å². The monoisotopic (exact) mass is 703 g/mol. The molecule has 0 atom stereocenters. The summed E-state index contributed by atoms with van der Waals surface area (Å²) in [5, 5.41) is 7.25. The van der Waals surface area contributed by atoms with Crippen molar-refractivity contribution < 1.29 is 0 Å². The van der Waals surface area contributed by atoms with Crippen molar-refractivity contribution in [2.24, 2.45) is 0 Å². The van der Waals surface area contributed by atoms with Crippen LogP contribution in [0.25, 0.3) is 71.6 Å². The average molecular weight is 704 g/mol. The van der Waals surface area contributed by atoms with Gasteiger partial charge in [0.25, 0.3) is 0 Å². The highest BCUT2D eigenvalue weighted by atomic mass is 15.1. The topological polar surface area (TPSA) is 21.1 Å². The van der Waals surface area contributed by atoms with Crippen molar-refractivity contribution in [3.8, 4) is 28.2 Å². The lowest BCUT2D eigenvalue weighted by molar-refractivity contribution is 0.660. The molecule has 0 spiro atoms.